The van der Waals surface area contributed by atoms with E-state index in [0.717, 1.165) is 8.95 Å². The van der Waals surface area contributed by atoms with E-state index in [-0.39, 0.29) is 5.91 Å². The molecule has 0 radical (unpaired) electrons. The maximum Gasteiger partial charge on any atom is 0.255 e. The smallest absolute Gasteiger partial charge is 0.255 e. The molecule has 2 aromatic rings. The summed E-state index contributed by atoms with van der Waals surface area (Å²) in [6.07, 6.45) is 0. The van der Waals surface area contributed by atoms with Gasteiger partial charge in [0.15, 0.2) is 0 Å². The van der Waals surface area contributed by atoms with Gasteiger partial charge in [-0.15, -0.1) is 0 Å². The summed E-state index contributed by atoms with van der Waals surface area (Å²) in [5.74, 6) is -0.245. The Bertz CT molecular complexity index is 647. The largest absolute Gasteiger partial charge is 0.398 e. The number of anilines is 2. The van der Waals surface area contributed by atoms with Gasteiger partial charge in [0.25, 0.3) is 5.91 Å². The first-order valence-corrected chi connectivity index (χ1v) is 7.25. The summed E-state index contributed by atoms with van der Waals surface area (Å²) in [4.78, 5) is 12.1. The second kappa shape index (κ2) is 5.94. The second-order valence-electron chi connectivity index (χ2n) is 3.81. The molecule has 3 N–H and O–H groups in total. The van der Waals surface area contributed by atoms with E-state index in [0.29, 0.717) is 22.0 Å². The summed E-state index contributed by atoms with van der Waals surface area (Å²) in [6.45, 7) is 0. The lowest BCUT2D eigenvalue weighted by atomic mass is 10.2. The van der Waals surface area contributed by atoms with E-state index in [1.165, 1.54) is 0 Å². The van der Waals surface area contributed by atoms with E-state index in [1.54, 1.807) is 24.3 Å². The molecule has 0 atom stereocenters. The van der Waals surface area contributed by atoms with Crippen molar-refractivity contribution in [1.29, 1.82) is 0 Å². The molecule has 0 saturated heterocycles. The van der Waals surface area contributed by atoms with Crippen molar-refractivity contribution in [1.82, 2.24) is 0 Å². The van der Waals surface area contributed by atoms with Gasteiger partial charge in [-0.3, -0.25) is 4.79 Å². The Morgan fingerprint density at radius 3 is 2.53 bits per heavy atom. The summed E-state index contributed by atoms with van der Waals surface area (Å²) in [5, 5.41) is 3.16. The third kappa shape index (κ3) is 3.49. The molecule has 0 aliphatic heterocycles. The van der Waals surface area contributed by atoms with Crippen LogP contribution in [0, 0.1) is 0 Å². The van der Waals surface area contributed by atoms with Crippen molar-refractivity contribution < 1.29 is 4.79 Å². The Morgan fingerprint density at radius 2 is 1.89 bits per heavy atom. The molecule has 0 aliphatic carbocycles. The molecule has 19 heavy (non-hydrogen) atoms. The van der Waals surface area contributed by atoms with Crippen LogP contribution >= 0.6 is 43.5 Å². The van der Waals surface area contributed by atoms with Gasteiger partial charge in [-0.1, -0.05) is 27.5 Å². The fraction of sp³-hybridized carbons (Fsp3) is 0. The van der Waals surface area contributed by atoms with Crippen LogP contribution in [0.3, 0.4) is 0 Å². The van der Waals surface area contributed by atoms with Crippen molar-refractivity contribution in [2.45, 2.75) is 0 Å². The monoisotopic (exact) mass is 402 g/mol. The quantitative estimate of drug-likeness (QED) is 0.713. The molecule has 2 rings (SSSR count). The lowest BCUT2D eigenvalue weighted by molar-refractivity contribution is 0.102. The minimum Gasteiger partial charge on any atom is -0.398 e. The molecule has 0 aromatic heterocycles. The third-order valence-electron chi connectivity index (χ3n) is 2.44. The van der Waals surface area contributed by atoms with Crippen LogP contribution in [0.25, 0.3) is 0 Å². The molecule has 0 heterocycles. The molecule has 1 amide bonds. The number of halogens is 3. The van der Waals surface area contributed by atoms with E-state index in [9.17, 15) is 4.79 Å². The van der Waals surface area contributed by atoms with Crippen LogP contribution in [0.2, 0.25) is 5.02 Å². The first-order valence-electron chi connectivity index (χ1n) is 5.29. The summed E-state index contributed by atoms with van der Waals surface area (Å²) in [5.41, 5.74) is 7.19. The van der Waals surface area contributed by atoms with Gasteiger partial charge >= 0.3 is 0 Å². The highest BCUT2D eigenvalue weighted by atomic mass is 79.9. The first kappa shape index (κ1) is 14.4. The maximum absolute atomic E-state index is 12.1. The summed E-state index contributed by atoms with van der Waals surface area (Å²) in [6, 6.07) is 10.3. The Balaban J connectivity index is 2.23. The van der Waals surface area contributed by atoms with Crippen LogP contribution in [0.15, 0.2) is 45.3 Å². The second-order valence-corrected chi connectivity index (χ2v) is 5.99. The zero-order valence-electron chi connectivity index (χ0n) is 9.58. The highest BCUT2D eigenvalue weighted by Crippen LogP contribution is 2.27. The van der Waals surface area contributed by atoms with E-state index < -0.39 is 0 Å². The number of benzene rings is 2. The molecule has 2 aromatic carbocycles. The number of amides is 1. The zero-order chi connectivity index (χ0) is 14.0. The van der Waals surface area contributed by atoms with Crippen LogP contribution in [-0.2, 0) is 0 Å². The number of nitrogens with two attached hydrogens (primary N) is 1. The van der Waals surface area contributed by atoms with E-state index in [4.69, 9.17) is 17.3 Å². The normalized spacial score (nSPS) is 10.3. The zero-order valence-corrected chi connectivity index (χ0v) is 13.5. The third-order valence-corrected chi connectivity index (χ3v) is 3.92. The van der Waals surface area contributed by atoms with Crippen LogP contribution in [0.1, 0.15) is 10.4 Å². The lowest BCUT2D eigenvalue weighted by Crippen LogP contribution is -2.12. The molecule has 6 heteroatoms. The fourth-order valence-electron chi connectivity index (χ4n) is 1.45. The Hall–Kier alpha value is -1.04. The Kier molecular flexibility index (Phi) is 4.50. The number of nitrogen functional groups attached to an aromatic ring is 1. The predicted molar refractivity (Wildman–Crippen MR) is 85.7 cm³/mol. The average Bonchev–Trinajstić information content (AvgIpc) is 2.36. The molecule has 0 saturated carbocycles. The Labute approximate surface area is 132 Å². The van der Waals surface area contributed by atoms with Gasteiger partial charge in [-0.25, -0.2) is 0 Å². The maximum atomic E-state index is 12.1. The Morgan fingerprint density at radius 1 is 1.16 bits per heavy atom. The number of carbonyl (C=O) groups excluding carboxylic acids is 1. The van der Waals surface area contributed by atoms with Crippen molar-refractivity contribution in [2.75, 3.05) is 11.1 Å². The van der Waals surface area contributed by atoms with E-state index >= 15 is 0 Å². The van der Waals surface area contributed by atoms with E-state index in [1.807, 2.05) is 12.1 Å². The number of rotatable bonds is 2. The fourth-order valence-corrected chi connectivity index (χ4v) is 2.78. The van der Waals surface area contributed by atoms with Gasteiger partial charge in [0.1, 0.15) is 0 Å². The van der Waals surface area contributed by atoms with Gasteiger partial charge < -0.3 is 11.1 Å². The highest BCUT2D eigenvalue weighted by Gasteiger charge is 2.10. The number of hydrogen-bond acceptors (Lipinski definition) is 2. The van der Waals surface area contributed by atoms with Crippen LogP contribution < -0.4 is 11.1 Å². The summed E-state index contributed by atoms with van der Waals surface area (Å²) in [7, 11) is 0. The number of nitrogens with one attached hydrogen (secondary N) is 1. The molecule has 0 spiro atoms. The van der Waals surface area contributed by atoms with Gasteiger partial charge in [0, 0.05) is 14.5 Å². The first-order chi connectivity index (χ1) is 8.97. The van der Waals surface area contributed by atoms with Crippen LogP contribution in [0.5, 0.6) is 0 Å². The minimum atomic E-state index is -0.245. The molecule has 98 valence electrons. The van der Waals surface area contributed by atoms with Gasteiger partial charge in [-0.05, 0) is 52.3 Å². The topological polar surface area (TPSA) is 55.1 Å². The molecular weight excluding hydrogens is 395 g/mol. The summed E-state index contributed by atoms with van der Waals surface area (Å²) >= 11 is 12.6. The molecule has 0 bridgehead atoms. The number of carbonyl (C=O) groups is 1. The standard InChI is InChI=1S/C13H9Br2ClN2O/c14-8-2-4-12(9(15)6-8)18-13(19)7-1-3-11(17)10(16)5-7/h1-6H,17H2,(H,18,19). The van der Waals surface area contributed by atoms with Crippen molar-refractivity contribution in [2.24, 2.45) is 0 Å². The average molecular weight is 404 g/mol. The predicted octanol–water partition coefficient (Wildman–Crippen LogP) is 4.70. The van der Waals surface area contributed by atoms with Gasteiger partial charge in [0.05, 0.1) is 16.4 Å². The number of hydrogen-bond donors (Lipinski definition) is 2. The van der Waals surface area contributed by atoms with E-state index in [2.05, 4.69) is 37.2 Å². The van der Waals surface area contributed by atoms with Crippen LogP contribution in [-0.4, -0.2) is 5.91 Å². The van der Waals surface area contributed by atoms with Gasteiger partial charge in [-0.2, -0.15) is 0 Å². The molecule has 3 nitrogen and oxygen atoms in total. The summed E-state index contributed by atoms with van der Waals surface area (Å²) < 4.78 is 1.71. The van der Waals surface area contributed by atoms with Crippen molar-refractivity contribution in [3.05, 3.63) is 55.9 Å². The van der Waals surface area contributed by atoms with Crippen molar-refractivity contribution in [3.63, 3.8) is 0 Å². The molecular formula is C13H9Br2ClN2O. The highest BCUT2D eigenvalue weighted by molar-refractivity contribution is 9.11. The van der Waals surface area contributed by atoms with Gasteiger partial charge in [0.2, 0.25) is 0 Å². The van der Waals surface area contributed by atoms with Crippen LogP contribution in [0.4, 0.5) is 11.4 Å². The lowest BCUT2D eigenvalue weighted by Gasteiger charge is -2.08. The van der Waals surface area contributed by atoms with Crippen molar-refractivity contribution in [3.8, 4) is 0 Å². The van der Waals surface area contributed by atoms with Crippen molar-refractivity contribution >= 4 is 60.7 Å². The molecule has 0 aliphatic rings. The minimum absolute atomic E-state index is 0.245. The SMILES string of the molecule is Nc1ccc(C(=O)Nc2ccc(Br)cc2Br)cc1Cl. The molecule has 0 unspecified atom stereocenters. The molecule has 0 fully saturated rings.